The van der Waals surface area contributed by atoms with E-state index in [0.29, 0.717) is 27.3 Å². The molecule has 1 saturated carbocycles. The summed E-state index contributed by atoms with van der Waals surface area (Å²) < 4.78 is 30.8. The molecule has 208 valence electrons. The zero-order chi connectivity index (χ0) is 28.1. The zero-order valence-electron chi connectivity index (χ0n) is 22.0. The minimum Gasteiger partial charge on any atom is -0.342 e. The van der Waals surface area contributed by atoms with Crippen LogP contribution in [-0.4, -0.2) is 52.8 Å². The summed E-state index contributed by atoms with van der Waals surface area (Å²) in [6.45, 7) is 0. The first-order chi connectivity index (χ1) is 19.3. The third kappa shape index (κ3) is 6.35. The standard InChI is InChI=1S/C29H30ClN5O3S2/c1-34(22-12-4-2-5-13-22)27(36)20-39-29-32-31-28(35(29)23-14-6-3-7-15-23)21-11-10-16-24(19-21)40(37,38)33-26-18-9-8-17-25(26)30/h3,6-11,14-19,22,33H,2,4-5,12-13,20H2,1H3. The number of hydrogen-bond acceptors (Lipinski definition) is 6. The molecule has 0 radical (unpaired) electrons. The van der Waals surface area contributed by atoms with Crippen LogP contribution in [0.5, 0.6) is 0 Å². The van der Waals surface area contributed by atoms with E-state index >= 15 is 0 Å². The van der Waals surface area contributed by atoms with E-state index in [-0.39, 0.29) is 22.6 Å². The van der Waals surface area contributed by atoms with Gasteiger partial charge in [-0.1, -0.05) is 85.1 Å². The highest BCUT2D eigenvalue weighted by Crippen LogP contribution is 2.31. The number of carbonyl (C=O) groups excluding carboxylic acids is 1. The fourth-order valence-electron chi connectivity index (χ4n) is 4.81. The van der Waals surface area contributed by atoms with E-state index in [2.05, 4.69) is 14.9 Å². The number of hydrogen-bond donors (Lipinski definition) is 1. The van der Waals surface area contributed by atoms with Gasteiger partial charge in [0.05, 0.1) is 21.4 Å². The predicted octanol–water partition coefficient (Wildman–Crippen LogP) is 6.27. The molecule has 0 aliphatic heterocycles. The number of rotatable bonds is 9. The number of sulfonamides is 1. The fraction of sp³-hybridized carbons (Fsp3) is 0.276. The Bertz CT molecular complexity index is 1590. The highest BCUT2D eigenvalue weighted by atomic mass is 35.5. The molecule has 1 N–H and O–H groups in total. The Morgan fingerprint density at radius 1 is 1.00 bits per heavy atom. The first kappa shape index (κ1) is 28.2. The number of aromatic nitrogens is 3. The van der Waals surface area contributed by atoms with Crippen molar-refractivity contribution in [1.82, 2.24) is 19.7 Å². The molecule has 8 nitrogen and oxygen atoms in total. The molecule has 0 spiro atoms. The highest BCUT2D eigenvalue weighted by Gasteiger charge is 2.24. The highest BCUT2D eigenvalue weighted by molar-refractivity contribution is 7.99. The molecule has 0 bridgehead atoms. The monoisotopic (exact) mass is 595 g/mol. The van der Waals surface area contributed by atoms with E-state index in [1.165, 1.54) is 24.2 Å². The Balaban J connectivity index is 1.43. The molecule has 1 aromatic heterocycles. The van der Waals surface area contributed by atoms with Gasteiger partial charge in [0.1, 0.15) is 0 Å². The van der Waals surface area contributed by atoms with Gasteiger partial charge in [-0.15, -0.1) is 10.2 Å². The molecule has 1 aliphatic carbocycles. The van der Waals surface area contributed by atoms with Crippen LogP contribution in [0.4, 0.5) is 5.69 Å². The van der Waals surface area contributed by atoms with Crippen molar-refractivity contribution >= 4 is 45.0 Å². The van der Waals surface area contributed by atoms with Crippen LogP contribution >= 0.6 is 23.4 Å². The van der Waals surface area contributed by atoms with Crippen molar-refractivity contribution in [2.45, 2.75) is 48.2 Å². The number of nitrogens with zero attached hydrogens (tertiary/aromatic N) is 4. The third-order valence-corrected chi connectivity index (χ3v) is 9.62. The summed E-state index contributed by atoms with van der Waals surface area (Å²) in [5, 5.41) is 9.69. The van der Waals surface area contributed by atoms with Gasteiger partial charge in [0.15, 0.2) is 11.0 Å². The molecule has 1 amide bonds. The SMILES string of the molecule is CN(C(=O)CSc1nnc(-c2cccc(S(=O)(=O)Nc3ccccc3Cl)c2)n1-c1ccccc1)C1CCCCC1. The lowest BCUT2D eigenvalue weighted by Gasteiger charge is -2.31. The Labute approximate surface area is 243 Å². The minimum atomic E-state index is -3.93. The van der Waals surface area contributed by atoms with Gasteiger partial charge < -0.3 is 4.90 Å². The van der Waals surface area contributed by atoms with E-state index < -0.39 is 10.0 Å². The first-order valence-corrected chi connectivity index (χ1v) is 16.0. The Hall–Kier alpha value is -3.34. The predicted molar refractivity (Wildman–Crippen MR) is 159 cm³/mol. The molecule has 3 aromatic carbocycles. The van der Waals surface area contributed by atoms with Crippen LogP contribution in [0.15, 0.2) is 88.9 Å². The summed E-state index contributed by atoms with van der Waals surface area (Å²) in [5.41, 5.74) is 1.67. The summed E-state index contributed by atoms with van der Waals surface area (Å²) in [6.07, 6.45) is 5.63. The molecular formula is C29H30ClN5O3S2. The van der Waals surface area contributed by atoms with Crippen LogP contribution in [0, 0.1) is 0 Å². The molecule has 0 saturated heterocycles. The summed E-state index contributed by atoms with van der Waals surface area (Å²) in [4.78, 5) is 15.0. The minimum absolute atomic E-state index is 0.0554. The van der Waals surface area contributed by atoms with Gasteiger partial charge in [-0.2, -0.15) is 0 Å². The van der Waals surface area contributed by atoms with Crippen LogP contribution in [-0.2, 0) is 14.8 Å². The second-order valence-corrected chi connectivity index (χ2v) is 12.7. The molecule has 1 fully saturated rings. The number of para-hydroxylation sites is 2. The molecule has 1 heterocycles. The maximum Gasteiger partial charge on any atom is 0.261 e. The van der Waals surface area contributed by atoms with Crippen molar-refractivity contribution in [3.05, 3.63) is 83.9 Å². The average molecular weight is 596 g/mol. The zero-order valence-corrected chi connectivity index (χ0v) is 24.4. The van der Waals surface area contributed by atoms with Gasteiger partial charge >= 0.3 is 0 Å². The second kappa shape index (κ2) is 12.4. The van der Waals surface area contributed by atoms with E-state index in [1.54, 1.807) is 42.5 Å². The van der Waals surface area contributed by atoms with Crippen LogP contribution in [0.1, 0.15) is 32.1 Å². The number of carbonyl (C=O) groups is 1. The number of thioether (sulfide) groups is 1. The van der Waals surface area contributed by atoms with Crippen LogP contribution in [0.2, 0.25) is 5.02 Å². The van der Waals surface area contributed by atoms with Gasteiger partial charge in [0, 0.05) is 24.3 Å². The Morgan fingerprint density at radius 2 is 1.73 bits per heavy atom. The van der Waals surface area contributed by atoms with Crippen LogP contribution in [0.3, 0.4) is 0 Å². The molecule has 40 heavy (non-hydrogen) atoms. The number of amides is 1. The molecule has 0 unspecified atom stereocenters. The van der Waals surface area contributed by atoms with Crippen LogP contribution in [0.25, 0.3) is 17.1 Å². The quantitative estimate of drug-likeness (QED) is 0.229. The van der Waals surface area contributed by atoms with Crippen molar-refractivity contribution in [3.63, 3.8) is 0 Å². The number of nitrogens with one attached hydrogen (secondary N) is 1. The lowest BCUT2D eigenvalue weighted by Crippen LogP contribution is -2.39. The molecule has 5 rings (SSSR count). The van der Waals surface area contributed by atoms with E-state index in [0.717, 1.165) is 31.4 Å². The van der Waals surface area contributed by atoms with Crippen molar-refractivity contribution in [2.75, 3.05) is 17.5 Å². The molecule has 0 atom stereocenters. The molecule has 11 heteroatoms. The largest absolute Gasteiger partial charge is 0.342 e. The normalized spacial score (nSPS) is 14.2. The molecular weight excluding hydrogens is 566 g/mol. The lowest BCUT2D eigenvalue weighted by molar-refractivity contribution is -0.129. The summed E-state index contributed by atoms with van der Waals surface area (Å²) in [5.74, 6) is 0.755. The van der Waals surface area contributed by atoms with E-state index in [4.69, 9.17) is 11.6 Å². The number of halogens is 1. The van der Waals surface area contributed by atoms with Crippen molar-refractivity contribution in [1.29, 1.82) is 0 Å². The Morgan fingerprint density at radius 3 is 2.48 bits per heavy atom. The smallest absolute Gasteiger partial charge is 0.261 e. The van der Waals surface area contributed by atoms with Gasteiger partial charge in [-0.3, -0.25) is 14.1 Å². The number of benzene rings is 3. The van der Waals surface area contributed by atoms with Gasteiger partial charge in [-0.05, 0) is 49.2 Å². The molecule has 4 aromatic rings. The first-order valence-electron chi connectivity index (χ1n) is 13.1. The maximum absolute atomic E-state index is 13.2. The van der Waals surface area contributed by atoms with Gasteiger partial charge in [0.25, 0.3) is 10.0 Å². The summed E-state index contributed by atoms with van der Waals surface area (Å²) in [7, 11) is -2.04. The molecule has 1 aliphatic rings. The second-order valence-electron chi connectivity index (χ2n) is 9.68. The van der Waals surface area contributed by atoms with Gasteiger partial charge in [-0.25, -0.2) is 8.42 Å². The van der Waals surface area contributed by atoms with Crippen LogP contribution < -0.4 is 4.72 Å². The van der Waals surface area contributed by atoms with E-state index in [9.17, 15) is 13.2 Å². The van der Waals surface area contributed by atoms with Crippen molar-refractivity contribution < 1.29 is 13.2 Å². The number of anilines is 1. The topological polar surface area (TPSA) is 97.2 Å². The maximum atomic E-state index is 13.2. The average Bonchev–Trinajstić information content (AvgIpc) is 3.41. The Kier molecular flexibility index (Phi) is 8.78. The third-order valence-electron chi connectivity index (χ3n) is 7.01. The van der Waals surface area contributed by atoms with Crippen molar-refractivity contribution in [3.8, 4) is 17.1 Å². The van der Waals surface area contributed by atoms with E-state index in [1.807, 2.05) is 46.8 Å². The summed E-state index contributed by atoms with van der Waals surface area (Å²) >= 11 is 7.50. The van der Waals surface area contributed by atoms with Gasteiger partial charge in [0.2, 0.25) is 5.91 Å². The summed E-state index contributed by atoms with van der Waals surface area (Å²) in [6, 6.07) is 23.0. The van der Waals surface area contributed by atoms with Crippen molar-refractivity contribution in [2.24, 2.45) is 0 Å². The fourth-order valence-corrected chi connectivity index (χ4v) is 7.05. The lowest BCUT2D eigenvalue weighted by atomic mass is 9.94.